The lowest BCUT2D eigenvalue weighted by Crippen LogP contribution is -1.85. The molecule has 68 valence electrons. The van der Waals surface area contributed by atoms with Crippen LogP contribution >= 0.6 is 27.3 Å². The second-order valence-corrected chi connectivity index (χ2v) is 4.48. The largest absolute Gasteiger partial charge is 0.506 e. The van der Waals surface area contributed by atoms with Crippen LogP contribution in [0.1, 0.15) is 5.56 Å². The standard InChI is InChI=1S/C9H7BrO2S/c10-7-3-8-5(1-2-13-8)6(4-11)9(7)12/h1-3,11-12H,4H2. The van der Waals surface area contributed by atoms with E-state index in [0.29, 0.717) is 10.0 Å². The van der Waals surface area contributed by atoms with Gasteiger partial charge in [-0.05, 0) is 33.4 Å². The van der Waals surface area contributed by atoms with Crippen LogP contribution in [0.5, 0.6) is 5.75 Å². The number of hydrogen-bond acceptors (Lipinski definition) is 3. The maximum atomic E-state index is 9.61. The Hall–Kier alpha value is -0.580. The Labute approximate surface area is 87.6 Å². The summed E-state index contributed by atoms with van der Waals surface area (Å²) in [7, 11) is 0. The van der Waals surface area contributed by atoms with Crippen LogP contribution < -0.4 is 0 Å². The summed E-state index contributed by atoms with van der Waals surface area (Å²) in [5.74, 6) is 0.133. The number of fused-ring (bicyclic) bond motifs is 1. The van der Waals surface area contributed by atoms with Crippen molar-refractivity contribution in [2.75, 3.05) is 0 Å². The Morgan fingerprint density at radius 1 is 1.46 bits per heavy atom. The molecule has 0 aliphatic rings. The lowest BCUT2D eigenvalue weighted by molar-refractivity contribution is 0.277. The van der Waals surface area contributed by atoms with Crippen LogP contribution in [0.3, 0.4) is 0 Å². The third kappa shape index (κ3) is 1.35. The molecule has 1 heterocycles. The molecular weight excluding hydrogens is 252 g/mol. The number of rotatable bonds is 1. The van der Waals surface area contributed by atoms with Crippen molar-refractivity contribution in [2.45, 2.75) is 6.61 Å². The highest BCUT2D eigenvalue weighted by Crippen LogP contribution is 2.36. The van der Waals surface area contributed by atoms with E-state index in [2.05, 4.69) is 15.9 Å². The van der Waals surface area contributed by atoms with Crippen molar-refractivity contribution in [3.8, 4) is 5.75 Å². The van der Waals surface area contributed by atoms with Crippen LogP contribution in [0.15, 0.2) is 22.0 Å². The zero-order valence-corrected chi connectivity index (χ0v) is 9.02. The van der Waals surface area contributed by atoms with Crippen molar-refractivity contribution >= 4 is 37.4 Å². The Morgan fingerprint density at radius 3 is 2.92 bits per heavy atom. The van der Waals surface area contributed by atoms with E-state index >= 15 is 0 Å². The molecule has 0 radical (unpaired) electrons. The fourth-order valence-corrected chi connectivity index (χ4v) is 2.77. The molecule has 0 atom stereocenters. The first-order valence-electron chi connectivity index (χ1n) is 3.72. The molecule has 2 nitrogen and oxygen atoms in total. The second kappa shape index (κ2) is 3.29. The lowest BCUT2D eigenvalue weighted by atomic mass is 10.1. The van der Waals surface area contributed by atoms with Crippen molar-refractivity contribution in [3.63, 3.8) is 0 Å². The van der Waals surface area contributed by atoms with Crippen molar-refractivity contribution in [1.82, 2.24) is 0 Å². The summed E-state index contributed by atoms with van der Waals surface area (Å²) in [6.45, 7) is -0.140. The third-order valence-corrected chi connectivity index (χ3v) is 3.42. The first-order valence-corrected chi connectivity index (χ1v) is 5.39. The van der Waals surface area contributed by atoms with Gasteiger partial charge in [-0.2, -0.15) is 0 Å². The number of benzene rings is 1. The van der Waals surface area contributed by atoms with Gasteiger partial charge in [0.2, 0.25) is 0 Å². The molecule has 2 N–H and O–H groups in total. The molecule has 1 aromatic carbocycles. The summed E-state index contributed by atoms with van der Waals surface area (Å²) >= 11 is 4.83. The van der Waals surface area contributed by atoms with Crippen LogP contribution in [-0.4, -0.2) is 10.2 Å². The summed E-state index contributed by atoms with van der Waals surface area (Å²) in [4.78, 5) is 0. The van der Waals surface area contributed by atoms with Gasteiger partial charge < -0.3 is 10.2 Å². The second-order valence-electron chi connectivity index (χ2n) is 2.68. The first-order chi connectivity index (χ1) is 6.24. The molecule has 2 rings (SSSR count). The van der Waals surface area contributed by atoms with Gasteiger partial charge >= 0.3 is 0 Å². The Kier molecular flexibility index (Phi) is 2.27. The van der Waals surface area contributed by atoms with Gasteiger partial charge in [0.15, 0.2) is 0 Å². The summed E-state index contributed by atoms with van der Waals surface area (Å²) < 4.78 is 1.69. The van der Waals surface area contributed by atoms with Crippen molar-refractivity contribution in [1.29, 1.82) is 0 Å². The van der Waals surface area contributed by atoms with E-state index in [4.69, 9.17) is 5.11 Å². The van der Waals surface area contributed by atoms with E-state index in [-0.39, 0.29) is 12.4 Å². The maximum absolute atomic E-state index is 9.61. The molecule has 0 bridgehead atoms. The molecule has 0 fully saturated rings. The molecular formula is C9H7BrO2S. The molecule has 0 aliphatic carbocycles. The molecule has 0 saturated heterocycles. The molecule has 0 saturated carbocycles. The van der Waals surface area contributed by atoms with E-state index in [1.807, 2.05) is 17.5 Å². The van der Waals surface area contributed by atoms with Gasteiger partial charge in [-0.1, -0.05) is 0 Å². The zero-order chi connectivity index (χ0) is 9.42. The average molecular weight is 259 g/mol. The molecule has 0 spiro atoms. The van der Waals surface area contributed by atoms with Crippen LogP contribution in [0.25, 0.3) is 10.1 Å². The molecule has 0 unspecified atom stereocenters. The minimum atomic E-state index is -0.140. The number of aromatic hydroxyl groups is 1. The number of thiophene rings is 1. The third-order valence-electron chi connectivity index (χ3n) is 1.95. The fourth-order valence-electron chi connectivity index (χ4n) is 1.30. The first kappa shape index (κ1) is 8.99. The van der Waals surface area contributed by atoms with Crippen LogP contribution in [0, 0.1) is 0 Å². The van der Waals surface area contributed by atoms with E-state index in [1.54, 1.807) is 11.3 Å². The van der Waals surface area contributed by atoms with Gasteiger partial charge in [0.05, 0.1) is 11.1 Å². The molecule has 0 amide bonds. The van der Waals surface area contributed by atoms with Gasteiger partial charge in [0, 0.05) is 15.6 Å². The number of phenols is 1. The number of halogens is 1. The highest BCUT2D eigenvalue weighted by Gasteiger charge is 2.10. The number of aliphatic hydroxyl groups excluding tert-OH is 1. The van der Waals surface area contributed by atoms with Gasteiger partial charge in [-0.25, -0.2) is 0 Å². The SMILES string of the molecule is OCc1c(O)c(Br)cc2sccc12. The summed E-state index contributed by atoms with van der Waals surface area (Å²) in [5, 5.41) is 21.6. The molecule has 13 heavy (non-hydrogen) atoms. The smallest absolute Gasteiger partial charge is 0.135 e. The predicted molar refractivity (Wildman–Crippen MR) is 57.1 cm³/mol. The summed E-state index contributed by atoms with van der Waals surface area (Å²) in [6, 6.07) is 3.76. The average Bonchev–Trinajstić information content (AvgIpc) is 2.54. The molecule has 4 heteroatoms. The minimum absolute atomic E-state index is 0.133. The summed E-state index contributed by atoms with van der Waals surface area (Å²) in [5.41, 5.74) is 0.589. The quantitative estimate of drug-likeness (QED) is 0.826. The van der Waals surface area contributed by atoms with Gasteiger partial charge in [0.25, 0.3) is 0 Å². The normalized spacial score (nSPS) is 10.9. The highest BCUT2D eigenvalue weighted by molar-refractivity contribution is 9.10. The monoisotopic (exact) mass is 258 g/mol. The van der Waals surface area contributed by atoms with Gasteiger partial charge in [-0.15, -0.1) is 11.3 Å². The van der Waals surface area contributed by atoms with E-state index in [9.17, 15) is 5.11 Å². The highest BCUT2D eigenvalue weighted by atomic mass is 79.9. The van der Waals surface area contributed by atoms with Crippen LogP contribution in [0.4, 0.5) is 0 Å². The predicted octanol–water partition coefficient (Wildman–Crippen LogP) is 2.86. The van der Waals surface area contributed by atoms with E-state index < -0.39 is 0 Å². The van der Waals surface area contributed by atoms with E-state index in [0.717, 1.165) is 10.1 Å². The van der Waals surface area contributed by atoms with Gasteiger partial charge in [0.1, 0.15) is 5.75 Å². The van der Waals surface area contributed by atoms with Crippen molar-refractivity contribution in [3.05, 3.63) is 27.5 Å². The van der Waals surface area contributed by atoms with Crippen LogP contribution in [-0.2, 0) is 6.61 Å². The van der Waals surface area contributed by atoms with Crippen LogP contribution in [0.2, 0.25) is 0 Å². The molecule has 1 aromatic heterocycles. The van der Waals surface area contributed by atoms with Crippen molar-refractivity contribution in [2.24, 2.45) is 0 Å². The van der Waals surface area contributed by atoms with Gasteiger partial charge in [-0.3, -0.25) is 0 Å². The molecule has 0 aliphatic heterocycles. The Bertz CT molecular complexity index is 450. The number of hydrogen-bond donors (Lipinski definition) is 2. The lowest BCUT2D eigenvalue weighted by Gasteiger charge is -2.04. The Morgan fingerprint density at radius 2 is 2.23 bits per heavy atom. The van der Waals surface area contributed by atoms with E-state index in [1.165, 1.54) is 0 Å². The summed E-state index contributed by atoms with van der Waals surface area (Å²) in [6.07, 6.45) is 0. The number of aliphatic hydroxyl groups is 1. The topological polar surface area (TPSA) is 40.5 Å². The maximum Gasteiger partial charge on any atom is 0.135 e. The molecule has 2 aromatic rings. The Balaban J connectivity index is 2.87. The van der Waals surface area contributed by atoms with Crippen molar-refractivity contribution < 1.29 is 10.2 Å². The minimum Gasteiger partial charge on any atom is -0.506 e. The fraction of sp³-hybridized carbons (Fsp3) is 0.111. The zero-order valence-electron chi connectivity index (χ0n) is 6.62.